The predicted octanol–water partition coefficient (Wildman–Crippen LogP) is 3.38. The van der Waals surface area contributed by atoms with Gasteiger partial charge in [-0.3, -0.25) is 4.79 Å². The number of nitrogens with one attached hydrogen (secondary N) is 1. The van der Waals surface area contributed by atoms with Gasteiger partial charge in [0.2, 0.25) is 0 Å². The summed E-state index contributed by atoms with van der Waals surface area (Å²) < 4.78 is 5.45. The van der Waals surface area contributed by atoms with Gasteiger partial charge in [-0.2, -0.15) is 0 Å². The zero-order valence-electron chi connectivity index (χ0n) is 13.3. The summed E-state index contributed by atoms with van der Waals surface area (Å²) >= 11 is 0. The van der Waals surface area contributed by atoms with Gasteiger partial charge in [0.05, 0.1) is 18.5 Å². The average Bonchev–Trinajstić information content (AvgIpc) is 2.55. The topological polar surface area (TPSA) is 59.9 Å². The first-order chi connectivity index (χ1) is 11.2. The highest BCUT2D eigenvalue weighted by molar-refractivity contribution is 5.93. The van der Waals surface area contributed by atoms with Crippen LogP contribution < -0.4 is 10.1 Å². The van der Waals surface area contributed by atoms with Gasteiger partial charge >= 0.3 is 0 Å². The Bertz CT molecular complexity index is 683. The summed E-state index contributed by atoms with van der Waals surface area (Å²) in [5.74, 6) is 0.339. The third-order valence-corrected chi connectivity index (χ3v) is 3.11. The summed E-state index contributed by atoms with van der Waals surface area (Å²) in [4.78, 5) is 16.9. The molecule has 2 aromatic carbocycles. The molecular formula is C18H20N2O3. The molecular weight excluding hydrogens is 292 g/mol. The van der Waals surface area contributed by atoms with E-state index in [2.05, 4.69) is 10.5 Å². The van der Waals surface area contributed by atoms with Crippen LogP contribution in [0.25, 0.3) is 0 Å². The highest BCUT2D eigenvalue weighted by atomic mass is 16.6. The Kier molecular flexibility index (Phi) is 6.17. The molecule has 0 saturated heterocycles. The minimum atomic E-state index is -0.293. The normalized spacial score (nSPS) is 10.5. The Morgan fingerprint density at radius 1 is 1.17 bits per heavy atom. The van der Waals surface area contributed by atoms with E-state index in [1.165, 1.54) is 0 Å². The summed E-state index contributed by atoms with van der Waals surface area (Å²) in [5, 5.41) is 6.57. The molecule has 2 aromatic rings. The number of ether oxygens (including phenoxy) is 1. The number of aryl methyl sites for hydroxylation is 1. The smallest absolute Gasteiger partial charge is 0.265 e. The van der Waals surface area contributed by atoms with Crippen molar-refractivity contribution in [2.45, 2.75) is 13.8 Å². The van der Waals surface area contributed by atoms with Crippen LogP contribution in [0.5, 0.6) is 5.75 Å². The minimum absolute atomic E-state index is 0.164. The van der Waals surface area contributed by atoms with Crippen molar-refractivity contribution in [2.24, 2.45) is 5.16 Å². The van der Waals surface area contributed by atoms with Gasteiger partial charge < -0.3 is 14.9 Å². The fourth-order valence-corrected chi connectivity index (χ4v) is 1.96. The van der Waals surface area contributed by atoms with Crippen LogP contribution in [0.2, 0.25) is 0 Å². The number of rotatable bonds is 7. The van der Waals surface area contributed by atoms with Crippen molar-refractivity contribution in [3.8, 4) is 5.75 Å². The molecule has 120 valence electrons. The maximum atomic E-state index is 11.9. The van der Waals surface area contributed by atoms with Crippen LogP contribution in [0.3, 0.4) is 0 Å². The quantitative estimate of drug-likeness (QED) is 0.630. The van der Waals surface area contributed by atoms with Crippen molar-refractivity contribution < 1.29 is 14.4 Å². The van der Waals surface area contributed by atoms with Crippen LogP contribution in [0, 0.1) is 6.92 Å². The molecule has 0 spiro atoms. The van der Waals surface area contributed by atoms with E-state index in [0.29, 0.717) is 18.0 Å². The summed E-state index contributed by atoms with van der Waals surface area (Å²) in [5.41, 5.74) is 2.66. The number of hydrogen-bond donors (Lipinski definition) is 1. The molecule has 0 aromatic heterocycles. The number of carbonyl (C=O) groups is 1. The van der Waals surface area contributed by atoms with Crippen LogP contribution in [0.4, 0.5) is 5.69 Å². The number of para-hydroxylation sites is 2. The lowest BCUT2D eigenvalue weighted by molar-refractivity contribution is -0.120. The monoisotopic (exact) mass is 312 g/mol. The molecule has 0 atom stereocenters. The second-order valence-electron chi connectivity index (χ2n) is 4.84. The SMILES string of the molecule is CCOc1ccccc1NC(=O)CO/N=C/c1ccccc1C. The Morgan fingerprint density at radius 2 is 1.91 bits per heavy atom. The van der Waals surface area contributed by atoms with Crippen molar-refractivity contribution >= 4 is 17.8 Å². The maximum Gasteiger partial charge on any atom is 0.265 e. The van der Waals surface area contributed by atoms with E-state index in [4.69, 9.17) is 9.57 Å². The van der Waals surface area contributed by atoms with E-state index >= 15 is 0 Å². The van der Waals surface area contributed by atoms with Crippen LogP contribution in [0.15, 0.2) is 53.7 Å². The molecule has 0 heterocycles. The van der Waals surface area contributed by atoms with Crippen LogP contribution in [0.1, 0.15) is 18.1 Å². The Labute approximate surface area is 135 Å². The second kappa shape index (κ2) is 8.58. The summed E-state index contributed by atoms with van der Waals surface area (Å²) in [7, 11) is 0. The second-order valence-corrected chi connectivity index (χ2v) is 4.84. The van der Waals surface area contributed by atoms with Gasteiger partial charge in [0.1, 0.15) is 5.75 Å². The zero-order valence-corrected chi connectivity index (χ0v) is 13.3. The van der Waals surface area contributed by atoms with E-state index < -0.39 is 0 Å². The van der Waals surface area contributed by atoms with Gasteiger partial charge in [0.15, 0.2) is 6.61 Å². The molecule has 0 aliphatic heterocycles. The minimum Gasteiger partial charge on any atom is -0.492 e. The van der Waals surface area contributed by atoms with E-state index in [9.17, 15) is 4.79 Å². The summed E-state index contributed by atoms with van der Waals surface area (Å²) in [6.45, 7) is 4.24. The van der Waals surface area contributed by atoms with Crippen molar-refractivity contribution in [3.05, 3.63) is 59.7 Å². The predicted molar refractivity (Wildman–Crippen MR) is 91.0 cm³/mol. The zero-order chi connectivity index (χ0) is 16.5. The fraction of sp³-hybridized carbons (Fsp3) is 0.222. The van der Waals surface area contributed by atoms with Crippen molar-refractivity contribution in [1.29, 1.82) is 0 Å². The first-order valence-corrected chi connectivity index (χ1v) is 7.43. The molecule has 0 fully saturated rings. The van der Waals surface area contributed by atoms with Gasteiger partial charge in [-0.25, -0.2) is 0 Å². The summed E-state index contributed by atoms with van der Waals surface area (Å²) in [6, 6.07) is 15.1. The number of anilines is 1. The fourth-order valence-electron chi connectivity index (χ4n) is 1.96. The molecule has 0 saturated carbocycles. The van der Waals surface area contributed by atoms with Crippen molar-refractivity contribution in [3.63, 3.8) is 0 Å². The first-order valence-electron chi connectivity index (χ1n) is 7.43. The molecule has 0 bridgehead atoms. The number of oxime groups is 1. The number of nitrogens with zero attached hydrogens (tertiary/aromatic N) is 1. The summed E-state index contributed by atoms with van der Waals surface area (Å²) in [6.07, 6.45) is 1.59. The maximum absolute atomic E-state index is 11.9. The van der Waals surface area contributed by atoms with Crippen LogP contribution in [-0.4, -0.2) is 25.3 Å². The molecule has 1 amide bonds. The van der Waals surface area contributed by atoms with E-state index in [1.54, 1.807) is 18.3 Å². The van der Waals surface area contributed by atoms with Crippen LogP contribution in [-0.2, 0) is 9.63 Å². The van der Waals surface area contributed by atoms with Crippen molar-refractivity contribution in [1.82, 2.24) is 0 Å². The number of carbonyl (C=O) groups excluding carboxylic acids is 1. The van der Waals surface area contributed by atoms with Gasteiger partial charge in [-0.1, -0.05) is 41.6 Å². The highest BCUT2D eigenvalue weighted by Gasteiger charge is 2.07. The lowest BCUT2D eigenvalue weighted by Crippen LogP contribution is -2.17. The molecule has 5 nitrogen and oxygen atoms in total. The largest absolute Gasteiger partial charge is 0.492 e. The third-order valence-electron chi connectivity index (χ3n) is 3.11. The highest BCUT2D eigenvalue weighted by Crippen LogP contribution is 2.23. The van der Waals surface area contributed by atoms with E-state index in [1.807, 2.05) is 50.2 Å². The van der Waals surface area contributed by atoms with Gasteiger partial charge in [-0.15, -0.1) is 0 Å². The standard InChI is InChI=1S/C18H20N2O3/c1-3-22-17-11-7-6-10-16(17)20-18(21)13-23-19-12-15-9-5-4-8-14(15)2/h4-12H,3,13H2,1-2H3,(H,20,21)/b19-12+. The van der Waals surface area contributed by atoms with Gasteiger partial charge in [0, 0.05) is 0 Å². The molecule has 1 N–H and O–H groups in total. The lowest BCUT2D eigenvalue weighted by Gasteiger charge is -2.10. The third kappa shape index (κ3) is 5.14. The first kappa shape index (κ1) is 16.5. The number of hydrogen-bond acceptors (Lipinski definition) is 4. The molecule has 0 unspecified atom stereocenters. The Morgan fingerprint density at radius 3 is 2.70 bits per heavy atom. The average molecular weight is 312 g/mol. The van der Waals surface area contributed by atoms with Crippen molar-refractivity contribution in [2.75, 3.05) is 18.5 Å². The van der Waals surface area contributed by atoms with Gasteiger partial charge in [0.25, 0.3) is 5.91 Å². The Balaban J connectivity index is 1.85. The lowest BCUT2D eigenvalue weighted by atomic mass is 10.1. The van der Waals surface area contributed by atoms with E-state index in [0.717, 1.165) is 11.1 Å². The Hall–Kier alpha value is -2.82. The molecule has 0 radical (unpaired) electrons. The number of benzene rings is 2. The van der Waals surface area contributed by atoms with Crippen LogP contribution >= 0.6 is 0 Å². The molecule has 0 aliphatic carbocycles. The molecule has 0 aliphatic rings. The molecule has 2 rings (SSSR count). The molecule has 5 heteroatoms. The van der Waals surface area contributed by atoms with E-state index in [-0.39, 0.29) is 12.5 Å². The van der Waals surface area contributed by atoms with Gasteiger partial charge in [-0.05, 0) is 37.1 Å². The molecule has 23 heavy (non-hydrogen) atoms. The number of amides is 1.